The Labute approximate surface area is 199 Å². The minimum absolute atomic E-state index is 0.0912. The fourth-order valence-electron chi connectivity index (χ4n) is 3.12. The number of hydrogen-bond acceptors (Lipinski definition) is 10. The minimum atomic E-state index is -0.0912. The third-order valence-electron chi connectivity index (χ3n) is 4.82. The molecule has 0 unspecified atom stereocenters. The molecule has 0 atom stereocenters. The summed E-state index contributed by atoms with van der Waals surface area (Å²) in [6, 6.07) is 11.5. The van der Waals surface area contributed by atoms with Gasteiger partial charge in [0, 0.05) is 36.3 Å². The van der Waals surface area contributed by atoms with Crippen molar-refractivity contribution in [1.82, 2.24) is 15.0 Å². The summed E-state index contributed by atoms with van der Waals surface area (Å²) in [6.07, 6.45) is -0.0912. The van der Waals surface area contributed by atoms with E-state index in [2.05, 4.69) is 25.6 Å². The van der Waals surface area contributed by atoms with Crippen molar-refractivity contribution < 1.29 is 23.7 Å². The van der Waals surface area contributed by atoms with Gasteiger partial charge in [-0.2, -0.15) is 15.0 Å². The molecule has 2 aromatic carbocycles. The van der Waals surface area contributed by atoms with Crippen LogP contribution in [-0.2, 0) is 13.1 Å². The predicted octanol–water partition coefficient (Wildman–Crippen LogP) is 3.92. The van der Waals surface area contributed by atoms with Crippen LogP contribution in [0.5, 0.6) is 29.0 Å². The molecule has 1 heterocycles. The average molecular weight is 470 g/mol. The SMILES string of the molecule is COc1ccc(CNc2nc(NCc3ccc(OC)cc3OC)nc(OC(C)C)n2)c(OC)c1. The van der Waals surface area contributed by atoms with Crippen LogP contribution in [0.1, 0.15) is 25.0 Å². The Kier molecular flexibility index (Phi) is 8.55. The highest BCUT2D eigenvalue weighted by Gasteiger charge is 2.12. The third-order valence-corrected chi connectivity index (χ3v) is 4.82. The highest BCUT2D eigenvalue weighted by atomic mass is 16.5. The van der Waals surface area contributed by atoms with Gasteiger partial charge in [-0.3, -0.25) is 0 Å². The molecule has 10 nitrogen and oxygen atoms in total. The molecule has 0 amide bonds. The Morgan fingerprint density at radius 2 is 1.15 bits per heavy atom. The molecular formula is C24H31N5O5. The number of ether oxygens (including phenoxy) is 5. The Morgan fingerprint density at radius 1 is 0.676 bits per heavy atom. The highest BCUT2D eigenvalue weighted by Crippen LogP contribution is 2.27. The molecule has 0 aliphatic rings. The summed E-state index contributed by atoms with van der Waals surface area (Å²) in [5.74, 6) is 3.57. The van der Waals surface area contributed by atoms with Gasteiger partial charge in [0.1, 0.15) is 23.0 Å². The van der Waals surface area contributed by atoms with Gasteiger partial charge in [0.2, 0.25) is 11.9 Å². The molecule has 0 aliphatic carbocycles. The van der Waals surface area contributed by atoms with Crippen molar-refractivity contribution in [3.05, 3.63) is 47.5 Å². The van der Waals surface area contributed by atoms with Gasteiger partial charge < -0.3 is 34.3 Å². The largest absolute Gasteiger partial charge is 0.497 e. The number of anilines is 2. The summed E-state index contributed by atoms with van der Waals surface area (Å²) in [5.41, 5.74) is 1.85. The van der Waals surface area contributed by atoms with E-state index in [1.54, 1.807) is 28.4 Å². The molecular weight excluding hydrogens is 438 g/mol. The molecule has 0 saturated carbocycles. The molecule has 2 N–H and O–H groups in total. The number of benzene rings is 2. The third kappa shape index (κ3) is 6.53. The summed E-state index contributed by atoms with van der Waals surface area (Å²) in [5, 5.41) is 6.44. The molecule has 0 bridgehead atoms. The first-order valence-corrected chi connectivity index (χ1v) is 10.8. The second-order valence-corrected chi connectivity index (χ2v) is 7.49. The predicted molar refractivity (Wildman–Crippen MR) is 129 cm³/mol. The summed E-state index contributed by atoms with van der Waals surface area (Å²) in [4.78, 5) is 13.3. The van der Waals surface area contributed by atoms with Crippen LogP contribution in [0.25, 0.3) is 0 Å². The van der Waals surface area contributed by atoms with Crippen LogP contribution in [0.15, 0.2) is 36.4 Å². The van der Waals surface area contributed by atoms with Crippen molar-refractivity contribution >= 4 is 11.9 Å². The molecule has 3 aromatic rings. The fraction of sp³-hybridized carbons (Fsp3) is 0.375. The first-order chi connectivity index (χ1) is 16.4. The Bertz CT molecular complexity index is 1020. The molecule has 0 fully saturated rings. The number of methoxy groups -OCH3 is 4. The van der Waals surface area contributed by atoms with E-state index in [1.165, 1.54) is 0 Å². The van der Waals surface area contributed by atoms with E-state index in [-0.39, 0.29) is 12.1 Å². The number of rotatable bonds is 12. The monoisotopic (exact) mass is 469 g/mol. The van der Waals surface area contributed by atoms with Gasteiger partial charge in [-0.15, -0.1) is 0 Å². The van der Waals surface area contributed by atoms with E-state index in [0.717, 1.165) is 11.1 Å². The number of nitrogens with one attached hydrogen (secondary N) is 2. The van der Waals surface area contributed by atoms with Crippen molar-refractivity contribution in [2.75, 3.05) is 39.1 Å². The lowest BCUT2D eigenvalue weighted by atomic mass is 10.2. The van der Waals surface area contributed by atoms with Crippen molar-refractivity contribution in [3.8, 4) is 29.0 Å². The topological polar surface area (TPSA) is 109 Å². The van der Waals surface area contributed by atoms with E-state index in [1.807, 2.05) is 50.2 Å². The van der Waals surface area contributed by atoms with E-state index >= 15 is 0 Å². The van der Waals surface area contributed by atoms with Gasteiger partial charge in [-0.1, -0.05) is 0 Å². The zero-order valence-electron chi connectivity index (χ0n) is 20.3. The number of hydrogen-bond donors (Lipinski definition) is 2. The fourth-order valence-corrected chi connectivity index (χ4v) is 3.12. The van der Waals surface area contributed by atoms with Crippen LogP contribution >= 0.6 is 0 Å². The quantitative estimate of drug-likeness (QED) is 0.405. The number of aromatic nitrogens is 3. The summed E-state index contributed by atoms with van der Waals surface area (Å²) in [7, 11) is 6.46. The Morgan fingerprint density at radius 3 is 1.53 bits per heavy atom. The lowest BCUT2D eigenvalue weighted by Gasteiger charge is -2.14. The normalized spacial score (nSPS) is 10.6. The average Bonchev–Trinajstić information content (AvgIpc) is 2.85. The maximum Gasteiger partial charge on any atom is 0.323 e. The molecule has 34 heavy (non-hydrogen) atoms. The van der Waals surface area contributed by atoms with Crippen LogP contribution in [0.4, 0.5) is 11.9 Å². The summed E-state index contributed by atoms with van der Waals surface area (Å²) >= 11 is 0. The molecule has 0 aliphatic heterocycles. The maximum atomic E-state index is 5.73. The molecule has 10 heteroatoms. The first-order valence-electron chi connectivity index (χ1n) is 10.8. The summed E-state index contributed by atoms with van der Waals surface area (Å²) < 4.78 is 27.2. The molecule has 182 valence electrons. The van der Waals surface area contributed by atoms with Gasteiger partial charge in [-0.25, -0.2) is 0 Å². The smallest absolute Gasteiger partial charge is 0.323 e. The lowest BCUT2D eigenvalue weighted by Crippen LogP contribution is -2.14. The van der Waals surface area contributed by atoms with Gasteiger partial charge in [0.05, 0.1) is 34.5 Å². The maximum absolute atomic E-state index is 5.73. The second kappa shape index (κ2) is 11.8. The molecule has 0 radical (unpaired) electrons. The van der Waals surface area contributed by atoms with E-state index in [4.69, 9.17) is 23.7 Å². The van der Waals surface area contributed by atoms with Gasteiger partial charge in [-0.05, 0) is 38.1 Å². The Balaban J connectivity index is 1.78. The zero-order chi connectivity index (χ0) is 24.5. The first kappa shape index (κ1) is 24.7. The van der Waals surface area contributed by atoms with E-state index in [9.17, 15) is 0 Å². The summed E-state index contributed by atoms with van der Waals surface area (Å²) in [6.45, 7) is 4.69. The van der Waals surface area contributed by atoms with E-state index in [0.29, 0.717) is 48.0 Å². The second-order valence-electron chi connectivity index (χ2n) is 7.49. The van der Waals surface area contributed by atoms with Gasteiger partial charge in [0.15, 0.2) is 0 Å². The van der Waals surface area contributed by atoms with Crippen molar-refractivity contribution in [1.29, 1.82) is 0 Å². The molecule has 1 aromatic heterocycles. The van der Waals surface area contributed by atoms with Crippen LogP contribution in [0.2, 0.25) is 0 Å². The van der Waals surface area contributed by atoms with Gasteiger partial charge in [0.25, 0.3) is 0 Å². The highest BCUT2D eigenvalue weighted by molar-refractivity contribution is 5.45. The lowest BCUT2D eigenvalue weighted by molar-refractivity contribution is 0.222. The zero-order valence-corrected chi connectivity index (χ0v) is 20.3. The molecule has 0 spiro atoms. The molecule has 3 rings (SSSR count). The van der Waals surface area contributed by atoms with E-state index < -0.39 is 0 Å². The minimum Gasteiger partial charge on any atom is -0.497 e. The standard InChI is InChI=1S/C24H31N5O5/c1-15(2)34-24-28-22(25-13-16-7-9-18(30-3)11-20(16)32-5)27-23(29-24)26-14-17-8-10-19(31-4)12-21(17)33-6/h7-12,15H,13-14H2,1-6H3,(H2,25,26,27,28,29). The number of nitrogens with zero attached hydrogens (tertiary/aromatic N) is 3. The van der Waals surface area contributed by atoms with Crippen LogP contribution in [0.3, 0.4) is 0 Å². The molecule has 0 saturated heterocycles. The van der Waals surface area contributed by atoms with Crippen LogP contribution in [0, 0.1) is 0 Å². The van der Waals surface area contributed by atoms with Crippen molar-refractivity contribution in [2.24, 2.45) is 0 Å². The Hall–Kier alpha value is -3.95. The van der Waals surface area contributed by atoms with Crippen molar-refractivity contribution in [2.45, 2.75) is 33.0 Å². The van der Waals surface area contributed by atoms with Crippen LogP contribution in [-0.4, -0.2) is 49.5 Å². The van der Waals surface area contributed by atoms with Gasteiger partial charge >= 0.3 is 6.01 Å². The van der Waals surface area contributed by atoms with Crippen LogP contribution < -0.4 is 34.3 Å². The van der Waals surface area contributed by atoms with Crippen molar-refractivity contribution in [3.63, 3.8) is 0 Å².